The number of aromatic nitrogens is 1. The van der Waals surface area contributed by atoms with E-state index in [9.17, 15) is 4.79 Å². The maximum atomic E-state index is 11.0. The lowest BCUT2D eigenvalue weighted by atomic mass is 10.2. The Morgan fingerprint density at radius 2 is 2.42 bits per heavy atom. The quantitative estimate of drug-likeness (QED) is 0.640. The van der Waals surface area contributed by atoms with Gasteiger partial charge in [-0.2, -0.15) is 0 Å². The van der Waals surface area contributed by atoms with Gasteiger partial charge in [-0.3, -0.25) is 9.78 Å². The Kier molecular flexibility index (Phi) is 2.80. The molecule has 1 rings (SSSR count). The second-order valence-electron chi connectivity index (χ2n) is 2.36. The molecule has 0 unspecified atom stereocenters. The molecule has 64 valence electrons. The first kappa shape index (κ1) is 8.71. The van der Waals surface area contributed by atoms with Crippen molar-refractivity contribution in [3.8, 4) is 5.75 Å². The van der Waals surface area contributed by atoms with Crippen LogP contribution in [0.15, 0.2) is 18.5 Å². The molecule has 0 aliphatic rings. The summed E-state index contributed by atoms with van der Waals surface area (Å²) < 4.78 is 5.24. The molecular weight excluding hydrogens is 154 g/mol. The topological polar surface area (TPSA) is 39.2 Å². The summed E-state index contributed by atoms with van der Waals surface area (Å²) in [5.41, 5.74) is 0.541. The second-order valence-corrected chi connectivity index (χ2v) is 2.36. The number of hydrogen-bond acceptors (Lipinski definition) is 3. The Morgan fingerprint density at radius 3 is 3.00 bits per heavy atom. The number of ketones is 1. The second kappa shape index (κ2) is 3.85. The van der Waals surface area contributed by atoms with Gasteiger partial charge in [0.2, 0.25) is 0 Å². The van der Waals surface area contributed by atoms with Crippen LogP contribution in [0.25, 0.3) is 0 Å². The molecule has 0 aliphatic heterocycles. The minimum Gasteiger partial charge on any atom is -0.493 e. The largest absolute Gasteiger partial charge is 0.493 e. The van der Waals surface area contributed by atoms with E-state index < -0.39 is 0 Å². The number of rotatable bonds is 3. The summed E-state index contributed by atoms with van der Waals surface area (Å²) >= 11 is 0. The number of Topliss-reactive ketones (excluding diaryl/α,β-unsaturated/α-hetero) is 1. The molecule has 0 aliphatic carbocycles. The Hall–Kier alpha value is -1.38. The summed E-state index contributed by atoms with van der Waals surface area (Å²) in [6, 6.07) is 1.69. The summed E-state index contributed by atoms with van der Waals surface area (Å²) in [7, 11) is 0. The number of nitrogens with zero attached hydrogens (tertiary/aromatic N) is 1. The van der Waals surface area contributed by atoms with Crippen molar-refractivity contribution in [1.82, 2.24) is 4.98 Å². The lowest BCUT2D eigenvalue weighted by Crippen LogP contribution is -2.00. The first-order valence-corrected chi connectivity index (χ1v) is 3.83. The van der Waals surface area contributed by atoms with E-state index >= 15 is 0 Å². The van der Waals surface area contributed by atoms with Crippen LogP contribution in [0.5, 0.6) is 5.75 Å². The molecule has 0 aromatic carbocycles. The van der Waals surface area contributed by atoms with Gasteiger partial charge in [0.05, 0.1) is 12.2 Å². The fraction of sp³-hybridized carbons (Fsp3) is 0.333. The zero-order valence-electron chi connectivity index (χ0n) is 7.20. The van der Waals surface area contributed by atoms with Crippen molar-refractivity contribution in [2.24, 2.45) is 0 Å². The average molecular weight is 165 g/mol. The Labute approximate surface area is 71.4 Å². The van der Waals surface area contributed by atoms with Gasteiger partial charge in [-0.1, -0.05) is 0 Å². The van der Waals surface area contributed by atoms with Crippen molar-refractivity contribution in [2.75, 3.05) is 6.61 Å². The van der Waals surface area contributed by atoms with E-state index in [1.165, 1.54) is 13.1 Å². The third kappa shape index (κ3) is 1.81. The van der Waals surface area contributed by atoms with Gasteiger partial charge < -0.3 is 4.74 Å². The fourth-order valence-electron chi connectivity index (χ4n) is 0.927. The van der Waals surface area contributed by atoms with Crippen molar-refractivity contribution in [3.05, 3.63) is 24.0 Å². The van der Waals surface area contributed by atoms with Gasteiger partial charge in [0.25, 0.3) is 0 Å². The van der Waals surface area contributed by atoms with E-state index in [-0.39, 0.29) is 5.78 Å². The van der Waals surface area contributed by atoms with Crippen LogP contribution in [0.2, 0.25) is 0 Å². The first-order valence-electron chi connectivity index (χ1n) is 3.83. The molecule has 3 heteroatoms. The van der Waals surface area contributed by atoms with Crippen LogP contribution in [0, 0.1) is 0 Å². The number of pyridine rings is 1. The molecule has 0 saturated carbocycles. The standard InChI is InChI=1S/C9H11NO2/c1-3-12-9-4-5-10-6-8(9)7(2)11/h4-6H,3H2,1-2H3. The number of carbonyl (C=O) groups excluding carboxylic acids is 1. The van der Waals surface area contributed by atoms with Crippen LogP contribution in [0.4, 0.5) is 0 Å². The van der Waals surface area contributed by atoms with Crippen molar-refractivity contribution < 1.29 is 9.53 Å². The lowest BCUT2D eigenvalue weighted by Gasteiger charge is -2.05. The van der Waals surface area contributed by atoms with Crippen LogP contribution in [0.1, 0.15) is 24.2 Å². The van der Waals surface area contributed by atoms with E-state index in [2.05, 4.69) is 4.98 Å². The van der Waals surface area contributed by atoms with Gasteiger partial charge in [0.15, 0.2) is 5.78 Å². The summed E-state index contributed by atoms with van der Waals surface area (Å²) in [6.07, 6.45) is 3.13. The van der Waals surface area contributed by atoms with Gasteiger partial charge >= 0.3 is 0 Å². The van der Waals surface area contributed by atoms with Crippen molar-refractivity contribution >= 4 is 5.78 Å². The summed E-state index contributed by atoms with van der Waals surface area (Å²) in [4.78, 5) is 14.9. The molecule has 0 amide bonds. The van der Waals surface area contributed by atoms with E-state index in [4.69, 9.17) is 4.74 Å². The highest BCUT2D eigenvalue weighted by Crippen LogP contribution is 2.16. The van der Waals surface area contributed by atoms with E-state index in [1.54, 1.807) is 12.3 Å². The Bertz CT molecular complexity index is 284. The lowest BCUT2D eigenvalue weighted by molar-refractivity contribution is 0.101. The predicted octanol–water partition coefficient (Wildman–Crippen LogP) is 1.68. The van der Waals surface area contributed by atoms with Crippen LogP contribution in [0.3, 0.4) is 0 Å². The number of carbonyl (C=O) groups is 1. The van der Waals surface area contributed by atoms with Gasteiger partial charge in [0, 0.05) is 12.4 Å². The van der Waals surface area contributed by atoms with Crippen LogP contribution < -0.4 is 4.74 Å². The molecule has 1 heterocycles. The minimum absolute atomic E-state index is 0.0217. The summed E-state index contributed by atoms with van der Waals surface area (Å²) in [5, 5.41) is 0. The first-order chi connectivity index (χ1) is 5.75. The molecule has 12 heavy (non-hydrogen) atoms. The maximum absolute atomic E-state index is 11.0. The molecule has 0 atom stereocenters. The molecule has 1 aromatic heterocycles. The third-order valence-corrected chi connectivity index (χ3v) is 1.46. The minimum atomic E-state index is -0.0217. The summed E-state index contributed by atoms with van der Waals surface area (Å²) in [6.45, 7) is 3.94. The Morgan fingerprint density at radius 1 is 1.67 bits per heavy atom. The monoisotopic (exact) mass is 165 g/mol. The Balaban J connectivity index is 3.00. The molecule has 0 saturated heterocycles. The molecule has 1 aromatic rings. The van der Waals surface area contributed by atoms with Crippen LogP contribution in [-0.4, -0.2) is 17.4 Å². The highest BCUT2D eigenvalue weighted by atomic mass is 16.5. The van der Waals surface area contributed by atoms with Gasteiger partial charge in [-0.15, -0.1) is 0 Å². The highest BCUT2D eigenvalue weighted by molar-refractivity contribution is 5.96. The van der Waals surface area contributed by atoms with Crippen LogP contribution >= 0.6 is 0 Å². The van der Waals surface area contributed by atoms with Crippen molar-refractivity contribution in [3.63, 3.8) is 0 Å². The van der Waals surface area contributed by atoms with E-state index in [1.807, 2.05) is 6.92 Å². The number of ether oxygens (including phenoxy) is 1. The van der Waals surface area contributed by atoms with Crippen molar-refractivity contribution in [1.29, 1.82) is 0 Å². The number of hydrogen-bond donors (Lipinski definition) is 0. The third-order valence-electron chi connectivity index (χ3n) is 1.46. The molecule has 0 N–H and O–H groups in total. The molecule has 0 radical (unpaired) electrons. The zero-order chi connectivity index (χ0) is 8.97. The fourth-order valence-corrected chi connectivity index (χ4v) is 0.927. The predicted molar refractivity (Wildman–Crippen MR) is 45.4 cm³/mol. The smallest absolute Gasteiger partial charge is 0.165 e. The molecule has 0 bridgehead atoms. The average Bonchev–Trinajstić information content (AvgIpc) is 2.05. The van der Waals surface area contributed by atoms with Gasteiger partial charge in [-0.05, 0) is 19.9 Å². The summed E-state index contributed by atoms with van der Waals surface area (Å²) in [5.74, 6) is 0.589. The zero-order valence-corrected chi connectivity index (χ0v) is 7.20. The van der Waals surface area contributed by atoms with Crippen molar-refractivity contribution in [2.45, 2.75) is 13.8 Å². The molecule has 0 fully saturated rings. The highest BCUT2D eigenvalue weighted by Gasteiger charge is 2.06. The normalized spacial score (nSPS) is 9.50. The maximum Gasteiger partial charge on any atom is 0.165 e. The van der Waals surface area contributed by atoms with E-state index in [0.717, 1.165) is 0 Å². The SMILES string of the molecule is CCOc1ccncc1C(C)=O. The van der Waals surface area contributed by atoms with Gasteiger partial charge in [-0.25, -0.2) is 0 Å². The molecule has 3 nitrogen and oxygen atoms in total. The van der Waals surface area contributed by atoms with E-state index in [0.29, 0.717) is 17.9 Å². The molecule has 0 spiro atoms. The van der Waals surface area contributed by atoms with Crippen LogP contribution in [-0.2, 0) is 0 Å². The molecular formula is C9H11NO2. The van der Waals surface area contributed by atoms with Gasteiger partial charge in [0.1, 0.15) is 5.75 Å².